The van der Waals surface area contributed by atoms with E-state index in [1.54, 1.807) is 0 Å². The van der Waals surface area contributed by atoms with Crippen molar-refractivity contribution < 1.29 is 18.1 Å². The van der Waals surface area contributed by atoms with E-state index in [0.717, 1.165) is 0 Å². The van der Waals surface area contributed by atoms with E-state index in [9.17, 15) is 13.4 Å². The second kappa shape index (κ2) is 10.7. The first-order chi connectivity index (χ1) is 8.52. The largest absolute Gasteiger partial charge is 0.381 e. The van der Waals surface area contributed by atoms with E-state index >= 15 is 0 Å². The number of benzene rings is 1. The molecule has 0 aliphatic carbocycles. The summed E-state index contributed by atoms with van der Waals surface area (Å²) < 4.78 is 29.8. The Morgan fingerprint density at radius 1 is 1.30 bits per heavy atom. The Labute approximate surface area is 124 Å². The lowest BCUT2D eigenvalue weighted by Crippen LogP contribution is -2.17. The van der Waals surface area contributed by atoms with E-state index in [0.29, 0.717) is 23.5 Å². The van der Waals surface area contributed by atoms with Gasteiger partial charge < -0.3 is 4.74 Å². The maximum Gasteiger partial charge on any atom is 0.132 e. The number of hydrogen-bond acceptors (Lipinski definition) is 3. The molecule has 0 aromatic heterocycles. The maximum atomic E-state index is 12.7. The molecule has 0 spiro atoms. The predicted molar refractivity (Wildman–Crippen MR) is 81.8 cm³/mol. The van der Waals surface area contributed by atoms with Crippen molar-refractivity contribution >= 4 is 16.6 Å². The Kier molecular flexibility index (Phi) is 11.3. The Hall–Kier alpha value is -1.07. The molecule has 0 aliphatic heterocycles. The molecule has 0 bridgehead atoms. The minimum atomic E-state index is -1.19. The third kappa shape index (κ3) is 7.50. The van der Waals surface area contributed by atoms with Gasteiger partial charge in [-0.1, -0.05) is 14.9 Å². The molecule has 0 saturated heterocycles. The van der Waals surface area contributed by atoms with Crippen LogP contribution in [-0.4, -0.2) is 29.0 Å². The first-order valence-electron chi connectivity index (χ1n) is 5.69. The van der Waals surface area contributed by atoms with Gasteiger partial charge in [0.15, 0.2) is 0 Å². The Balaban J connectivity index is 0. The lowest BCUT2D eigenvalue weighted by molar-refractivity contribution is -0.119. The smallest absolute Gasteiger partial charge is 0.132 e. The van der Waals surface area contributed by atoms with Crippen molar-refractivity contribution in [1.29, 1.82) is 0 Å². The number of carbonyl (C=O) groups excluding carboxylic acids is 1. The molecule has 3 nitrogen and oxygen atoms in total. The molecule has 20 heavy (non-hydrogen) atoms. The quantitative estimate of drug-likeness (QED) is 0.773. The molecular formula is C15H25FO3S. The fraction of sp³-hybridized carbons (Fsp3) is 0.533. The normalized spacial score (nSPS) is 12.8. The van der Waals surface area contributed by atoms with Crippen molar-refractivity contribution in [2.45, 2.75) is 45.6 Å². The Morgan fingerprint density at radius 2 is 1.85 bits per heavy atom. The summed E-state index contributed by atoms with van der Waals surface area (Å²) in [7, 11) is 0.349. The number of hydrogen-bond donors (Lipinski definition) is 0. The van der Waals surface area contributed by atoms with Crippen LogP contribution in [-0.2, 0) is 20.3 Å². The molecule has 0 N–H and O–H groups in total. The van der Waals surface area contributed by atoms with E-state index in [1.165, 1.54) is 38.3 Å². The lowest BCUT2D eigenvalue weighted by atomic mass is 10.1. The highest BCUT2D eigenvalue weighted by Crippen LogP contribution is 2.12. The van der Waals surface area contributed by atoms with E-state index < -0.39 is 10.8 Å². The van der Waals surface area contributed by atoms with Crippen molar-refractivity contribution in [3.8, 4) is 0 Å². The van der Waals surface area contributed by atoms with Crippen LogP contribution in [0.2, 0.25) is 0 Å². The molecule has 2 unspecified atom stereocenters. The first kappa shape index (κ1) is 21.2. The van der Waals surface area contributed by atoms with E-state index in [1.807, 2.05) is 0 Å². The van der Waals surface area contributed by atoms with E-state index in [-0.39, 0.29) is 32.6 Å². The van der Waals surface area contributed by atoms with Gasteiger partial charge in [0, 0.05) is 24.2 Å². The summed E-state index contributed by atoms with van der Waals surface area (Å²) in [4.78, 5) is 11.6. The van der Waals surface area contributed by atoms with Gasteiger partial charge in [0.1, 0.15) is 11.6 Å². The van der Waals surface area contributed by atoms with Crippen LogP contribution in [0, 0.1) is 5.82 Å². The fourth-order valence-corrected chi connectivity index (χ4v) is 2.72. The van der Waals surface area contributed by atoms with Gasteiger partial charge in [-0.3, -0.25) is 9.00 Å². The number of methoxy groups -OCH3 is 1. The molecule has 2 atom stereocenters. The van der Waals surface area contributed by atoms with Gasteiger partial charge in [0.25, 0.3) is 0 Å². The van der Waals surface area contributed by atoms with Crippen molar-refractivity contribution in [1.82, 2.24) is 0 Å². The molecule has 1 aromatic rings. The highest BCUT2D eigenvalue weighted by molar-refractivity contribution is 7.85. The average Bonchev–Trinajstić information content (AvgIpc) is 2.34. The van der Waals surface area contributed by atoms with Crippen molar-refractivity contribution in [2.75, 3.05) is 12.9 Å². The molecule has 0 heterocycles. The van der Waals surface area contributed by atoms with E-state index in [4.69, 9.17) is 4.74 Å². The summed E-state index contributed by atoms with van der Waals surface area (Å²) in [6.07, 6.45) is 0.670. The van der Waals surface area contributed by atoms with Crippen LogP contribution in [0.4, 0.5) is 4.39 Å². The third-order valence-electron chi connectivity index (χ3n) is 2.55. The summed E-state index contributed by atoms with van der Waals surface area (Å²) in [6, 6.07) is 5.60. The summed E-state index contributed by atoms with van der Waals surface area (Å²) in [5.41, 5.74) is 0. The monoisotopic (exact) mass is 304 g/mol. The van der Waals surface area contributed by atoms with Gasteiger partial charge in [0.2, 0.25) is 0 Å². The summed E-state index contributed by atoms with van der Waals surface area (Å²) in [5, 5.41) is 0. The van der Waals surface area contributed by atoms with Crippen molar-refractivity contribution in [2.24, 2.45) is 0 Å². The molecule has 0 amide bonds. The average molecular weight is 304 g/mol. The van der Waals surface area contributed by atoms with Gasteiger partial charge in [0.05, 0.1) is 16.9 Å². The zero-order valence-corrected chi connectivity index (χ0v) is 11.3. The first-order valence-corrected chi connectivity index (χ1v) is 7.01. The van der Waals surface area contributed by atoms with Crippen LogP contribution in [0.1, 0.15) is 34.6 Å². The van der Waals surface area contributed by atoms with Crippen LogP contribution in [0.25, 0.3) is 0 Å². The molecule has 116 valence electrons. The molecule has 0 fully saturated rings. The fourth-order valence-electron chi connectivity index (χ4n) is 1.57. The highest BCUT2D eigenvalue weighted by Gasteiger charge is 2.13. The number of ether oxygens (including phenoxy) is 1. The number of ketones is 1. The number of rotatable bonds is 7. The van der Waals surface area contributed by atoms with Gasteiger partial charge in [-0.25, -0.2) is 4.39 Å². The van der Waals surface area contributed by atoms with Crippen LogP contribution in [0.3, 0.4) is 0 Å². The lowest BCUT2D eigenvalue weighted by Gasteiger charge is -2.13. The summed E-state index contributed by atoms with van der Waals surface area (Å²) in [6.45, 7) is 1.50. The summed E-state index contributed by atoms with van der Waals surface area (Å²) >= 11 is 0. The van der Waals surface area contributed by atoms with Crippen LogP contribution in [0.5, 0.6) is 0 Å². The second-order valence-electron chi connectivity index (χ2n) is 4.06. The molecule has 1 rings (SSSR count). The molecule has 5 heteroatoms. The van der Waals surface area contributed by atoms with Crippen LogP contribution < -0.4 is 0 Å². The topological polar surface area (TPSA) is 43.4 Å². The number of halogens is 1. The highest BCUT2D eigenvalue weighted by atomic mass is 32.2. The van der Waals surface area contributed by atoms with Crippen LogP contribution >= 0.6 is 0 Å². The zero-order chi connectivity index (χ0) is 13.5. The summed E-state index contributed by atoms with van der Waals surface area (Å²) in [5.74, 6) is 0.105. The number of carbonyl (C=O) groups is 1. The van der Waals surface area contributed by atoms with Gasteiger partial charge in [-0.05, 0) is 37.6 Å². The van der Waals surface area contributed by atoms with Crippen molar-refractivity contribution in [3.05, 3.63) is 30.1 Å². The standard InChI is InChI=1S/C13H17FO3S.2CH4/c1-10(15)9-12(17-2)7-8-18(16)13-5-3-11(14)4-6-13;;/h3-6,12H,7-9H2,1-2H3;2*1H4. The van der Waals surface area contributed by atoms with Gasteiger partial charge in [-0.15, -0.1) is 0 Å². The molecule has 0 saturated carbocycles. The van der Waals surface area contributed by atoms with Crippen molar-refractivity contribution in [3.63, 3.8) is 0 Å². The predicted octanol–water partition coefficient (Wildman–Crippen LogP) is 3.59. The molecule has 1 aromatic carbocycles. The maximum absolute atomic E-state index is 12.7. The molecule has 0 aliphatic rings. The zero-order valence-electron chi connectivity index (χ0n) is 10.5. The SMILES string of the molecule is C.C.COC(CCS(=O)c1ccc(F)cc1)CC(C)=O. The molecule has 0 radical (unpaired) electrons. The van der Waals surface area contributed by atoms with Gasteiger partial charge in [-0.2, -0.15) is 0 Å². The van der Waals surface area contributed by atoms with Gasteiger partial charge >= 0.3 is 0 Å². The Bertz CT molecular complexity index is 418. The minimum Gasteiger partial charge on any atom is -0.381 e. The Morgan fingerprint density at radius 3 is 2.30 bits per heavy atom. The third-order valence-corrected chi connectivity index (χ3v) is 3.95. The minimum absolute atomic E-state index is 0. The number of Topliss-reactive ketones (excluding diaryl/α,β-unsaturated/α-hetero) is 1. The molecular weight excluding hydrogens is 279 g/mol. The second-order valence-corrected chi connectivity index (χ2v) is 5.63. The van der Waals surface area contributed by atoms with Crippen LogP contribution in [0.15, 0.2) is 29.2 Å². The van der Waals surface area contributed by atoms with E-state index in [2.05, 4.69) is 0 Å².